The first-order valence-electron chi connectivity index (χ1n) is 9.26. The van der Waals surface area contributed by atoms with Crippen LogP contribution in [0.25, 0.3) is 0 Å². The molecule has 14 heteroatoms. The van der Waals surface area contributed by atoms with Crippen molar-refractivity contribution in [3.05, 3.63) is 24.3 Å². The van der Waals surface area contributed by atoms with Crippen LogP contribution in [-0.4, -0.2) is 36.7 Å². The Balaban J connectivity index is 2.87. The van der Waals surface area contributed by atoms with Crippen LogP contribution in [0.1, 0.15) is 27.7 Å². The number of hydrogen-bond donors (Lipinski definition) is 4. The highest BCUT2D eigenvalue weighted by Gasteiger charge is 2.21. The number of nitrogens with one attached hydrogen (secondary N) is 4. The average Bonchev–Trinajstić information content (AvgIpc) is 2.63. The van der Waals surface area contributed by atoms with Gasteiger partial charge in [0.2, 0.25) is 0 Å². The predicted molar refractivity (Wildman–Crippen MR) is 140 cm³/mol. The van der Waals surface area contributed by atoms with E-state index in [0.29, 0.717) is 37.8 Å². The molecule has 0 saturated carbocycles. The number of hydrogen-bond acceptors (Lipinski definition) is 8. The van der Waals surface area contributed by atoms with Crippen molar-refractivity contribution in [2.75, 3.05) is 37.1 Å². The van der Waals surface area contributed by atoms with E-state index in [0.717, 1.165) is 0 Å². The van der Waals surface area contributed by atoms with Crippen LogP contribution in [0.3, 0.4) is 0 Å². The SMILES string of the molecule is CCOP(=S)(NC(=S)Nc1ccccc1NC(=S)NP(=S)(OCC)OCC)OCC. The molecule has 0 fully saturated rings. The van der Waals surface area contributed by atoms with Crippen LogP contribution in [0.15, 0.2) is 24.3 Å². The Kier molecular flexibility index (Phi) is 13.0. The largest absolute Gasteiger partial charge is 0.331 e. The highest BCUT2D eigenvalue weighted by atomic mass is 32.5. The van der Waals surface area contributed by atoms with E-state index in [4.69, 9.17) is 66.1 Å². The highest BCUT2D eigenvalue weighted by molar-refractivity contribution is 8.09. The normalized spacial score (nSPS) is 11.6. The molecule has 1 aromatic rings. The van der Waals surface area contributed by atoms with Crippen LogP contribution in [-0.2, 0) is 41.7 Å². The van der Waals surface area contributed by atoms with Crippen LogP contribution in [0.5, 0.6) is 0 Å². The van der Waals surface area contributed by atoms with Gasteiger partial charge in [-0.3, -0.25) is 10.2 Å². The molecule has 0 saturated heterocycles. The summed E-state index contributed by atoms with van der Waals surface area (Å²) in [5, 5.41) is 12.7. The van der Waals surface area contributed by atoms with Crippen LogP contribution < -0.4 is 20.8 Å². The number of rotatable bonds is 12. The lowest BCUT2D eigenvalue weighted by molar-refractivity contribution is 0.263. The van der Waals surface area contributed by atoms with Crippen molar-refractivity contribution in [3.63, 3.8) is 0 Å². The molecule has 30 heavy (non-hydrogen) atoms. The van der Waals surface area contributed by atoms with Crippen molar-refractivity contribution >= 4 is 82.9 Å². The fourth-order valence-electron chi connectivity index (χ4n) is 2.13. The van der Waals surface area contributed by atoms with Gasteiger partial charge in [0, 0.05) is 0 Å². The maximum atomic E-state index is 5.56. The van der Waals surface area contributed by atoms with E-state index in [2.05, 4.69) is 20.8 Å². The summed E-state index contributed by atoms with van der Waals surface area (Å²) in [6.07, 6.45) is 0. The van der Waals surface area contributed by atoms with Crippen LogP contribution in [0.2, 0.25) is 0 Å². The second-order valence-electron chi connectivity index (χ2n) is 5.34. The predicted octanol–water partition coefficient (Wildman–Crippen LogP) is 4.85. The Bertz CT molecular complexity index is 730. The van der Waals surface area contributed by atoms with E-state index in [-0.39, 0.29) is 10.2 Å². The van der Waals surface area contributed by atoms with Crippen molar-refractivity contribution in [1.29, 1.82) is 0 Å². The fourth-order valence-corrected chi connectivity index (χ4v) is 7.61. The third-order valence-corrected chi connectivity index (χ3v) is 9.01. The zero-order valence-corrected chi connectivity index (χ0v) is 22.4. The molecule has 0 atom stereocenters. The lowest BCUT2D eigenvalue weighted by Gasteiger charge is -2.25. The summed E-state index contributed by atoms with van der Waals surface area (Å²) in [6.45, 7) is 3.59. The van der Waals surface area contributed by atoms with Gasteiger partial charge in [-0.15, -0.1) is 0 Å². The summed E-state index contributed by atoms with van der Waals surface area (Å²) in [5.74, 6) is 0. The highest BCUT2D eigenvalue weighted by Crippen LogP contribution is 2.44. The van der Waals surface area contributed by atoms with Gasteiger partial charge in [0.1, 0.15) is 0 Å². The quantitative estimate of drug-likeness (QED) is 0.220. The summed E-state index contributed by atoms with van der Waals surface area (Å²) < 4.78 is 22.2. The summed E-state index contributed by atoms with van der Waals surface area (Å²) in [5.41, 5.74) is 1.35. The van der Waals surface area contributed by atoms with Gasteiger partial charge in [-0.05, 0) is 87.9 Å². The van der Waals surface area contributed by atoms with E-state index in [9.17, 15) is 0 Å². The molecule has 170 valence electrons. The Labute approximate surface area is 199 Å². The van der Waals surface area contributed by atoms with Gasteiger partial charge in [0.25, 0.3) is 13.3 Å². The number of thiocarbonyl (C=S) groups is 2. The number of anilines is 2. The molecule has 1 rings (SSSR count). The van der Waals surface area contributed by atoms with Crippen molar-refractivity contribution < 1.29 is 18.1 Å². The molecule has 0 aliphatic heterocycles. The molecule has 1 aromatic carbocycles. The van der Waals surface area contributed by atoms with Gasteiger partial charge in [0.05, 0.1) is 37.8 Å². The zero-order valence-electron chi connectivity index (χ0n) is 17.3. The lowest BCUT2D eigenvalue weighted by atomic mass is 10.2. The van der Waals surface area contributed by atoms with Crippen molar-refractivity contribution in [2.45, 2.75) is 27.7 Å². The molecule has 0 amide bonds. The summed E-state index contributed by atoms with van der Waals surface area (Å²) in [6, 6.07) is 7.40. The minimum atomic E-state index is -2.72. The first kappa shape index (κ1) is 27.8. The standard InChI is InChI=1S/C16H28N4O4P2S4/c1-5-21-25(29,22-6-2)19-15(27)17-13-11-9-10-12-14(13)18-16(28)20-26(30,23-7-3)24-8-4/h9-12H,5-8H2,1-4H3,(H2,17,19,27,29)(H2,18,20,28,30). The summed E-state index contributed by atoms with van der Waals surface area (Å²) in [4.78, 5) is 0. The first-order chi connectivity index (χ1) is 14.2. The number of para-hydroxylation sites is 2. The molecular weight excluding hydrogens is 502 g/mol. The summed E-state index contributed by atoms with van der Waals surface area (Å²) in [7, 11) is 0. The van der Waals surface area contributed by atoms with Crippen molar-refractivity contribution in [3.8, 4) is 0 Å². The molecule has 0 aliphatic carbocycles. The van der Waals surface area contributed by atoms with Crippen LogP contribution >= 0.6 is 37.7 Å². The molecule has 4 N–H and O–H groups in total. The third-order valence-electron chi connectivity index (χ3n) is 3.10. The van der Waals surface area contributed by atoms with E-state index >= 15 is 0 Å². The Morgan fingerprint density at radius 3 is 1.27 bits per heavy atom. The molecule has 0 bridgehead atoms. The second kappa shape index (κ2) is 14.0. The van der Waals surface area contributed by atoms with Gasteiger partial charge < -0.3 is 28.7 Å². The molecule has 0 radical (unpaired) electrons. The van der Waals surface area contributed by atoms with E-state index in [1.807, 2.05) is 52.0 Å². The van der Waals surface area contributed by atoms with Gasteiger partial charge >= 0.3 is 0 Å². The van der Waals surface area contributed by atoms with Crippen molar-refractivity contribution in [2.24, 2.45) is 0 Å². The Morgan fingerprint density at radius 1 is 0.700 bits per heavy atom. The third kappa shape index (κ3) is 9.91. The maximum absolute atomic E-state index is 5.56. The average molecular weight is 531 g/mol. The van der Waals surface area contributed by atoms with Crippen molar-refractivity contribution in [1.82, 2.24) is 10.2 Å². The van der Waals surface area contributed by atoms with Gasteiger partial charge in [-0.1, -0.05) is 12.1 Å². The minimum Gasteiger partial charge on any atom is -0.331 e. The zero-order chi connectivity index (χ0) is 22.6. The molecule has 0 aromatic heterocycles. The van der Waals surface area contributed by atoms with Gasteiger partial charge in [-0.25, -0.2) is 0 Å². The molecular formula is C16H28N4O4P2S4. The maximum Gasteiger partial charge on any atom is 0.289 e. The van der Waals surface area contributed by atoms with Crippen LogP contribution in [0.4, 0.5) is 11.4 Å². The second-order valence-corrected chi connectivity index (χ2v) is 12.5. The lowest BCUT2D eigenvalue weighted by Crippen LogP contribution is -2.30. The number of benzene rings is 1. The Morgan fingerprint density at radius 2 is 1.00 bits per heavy atom. The van der Waals surface area contributed by atoms with Gasteiger partial charge in [0.15, 0.2) is 10.2 Å². The summed E-state index contributed by atoms with van der Waals surface area (Å²) >= 11 is 21.7. The van der Waals surface area contributed by atoms with E-state index in [1.54, 1.807) is 0 Å². The molecule has 8 nitrogen and oxygen atoms in total. The fraction of sp³-hybridized carbons (Fsp3) is 0.500. The Hall–Kier alpha value is -0.260. The topological polar surface area (TPSA) is 85.0 Å². The molecule has 0 unspecified atom stereocenters. The first-order valence-corrected chi connectivity index (χ1v) is 15.4. The smallest absolute Gasteiger partial charge is 0.289 e. The molecule has 0 heterocycles. The monoisotopic (exact) mass is 530 g/mol. The van der Waals surface area contributed by atoms with E-state index < -0.39 is 13.3 Å². The minimum absolute atomic E-state index is 0.280. The van der Waals surface area contributed by atoms with Crippen LogP contribution in [0, 0.1) is 0 Å². The molecule has 0 spiro atoms. The van der Waals surface area contributed by atoms with E-state index in [1.165, 1.54) is 0 Å². The van der Waals surface area contributed by atoms with Gasteiger partial charge in [-0.2, -0.15) is 0 Å². The molecule has 0 aliphatic rings.